The average Bonchev–Trinajstić information content (AvgIpc) is 3.23. The summed E-state index contributed by atoms with van der Waals surface area (Å²) >= 11 is 6.11. The normalized spacial score (nSPS) is 11.1. The second-order valence-electron chi connectivity index (χ2n) is 7.85. The Labute approximate surface area is 200 Å². The minimum atomic E-state index is 0.494. The molecular weight excluding hydrogens is 442 g/mol. The number of halogens is 1. The van der Waals surface area contributed by atoms with Gasteiger partial charge < -0.3 is 0 Å². The van der Waals surface area contributed by atoms with Crippen LogP contribution in [0, 0.1) is 11.3 Å². The molecule has 0 radical (unpaired) electrons. The maximum atomic E-state index is 9.39. The van der Waals surface area contributed by atoms with Crippen molar-refractivity contribution in [3.05, 3.63) is 108 Å². The summed E-state index contributed by atoms with van der Waals surface area (Å²) < 4.78 is 2.06. The highest BCUT2D eigenvalue weighted by Crippen LogP contribution is 2.32. The third kappa shape index (κ3) is 3.38. The smallest absolute Gasteiger partial charge is 0.238 e. The number of benzene rings is 4. The van der Waals surface area contributed by atoms with Crippen LogP contribution >= 0.6 is 11.6 Å². The van der Waals surface area contributed by atoms with Crippen molar-refractivity contribution in [3.8, 4) is 34.8 Å². The van der Waals surface area contributed by atoms with Crippen LogP contribution in [0.5, 0.6) is 0 Å². The third-order valence-corrected chi connectivity index (χ3v) is 6.01. The van der Waals surface area contributed by atoms with Crippen LogP contribution in [-0.4, -0.2) is 19.5 Å². The molecule has 0 N–H and O–H groups in total. The number of para-hydroxylation sites is 2. The summed E-state index contributed by atoms with van der Waals surface area (Å²) in [6.07, 6.45) is 0. The van der Waals surface area contributed by atoms with Gasteiger partial charge in [-0.3, -0.25) is 4.57 Å². The summed E-state index contributed by atoms with van der Waals surface area (Å²) in [5.41, 5.74) is 4.14. The summed E-state index contributed by atoms with van der Waals surface area (Å²) in [4.78, 5) is 14.5. The van der Waals surface area contributed by atoms with E-state index in [0.717, 1.165) is 32.9 Å². The van der Waals surface area contributed by atoms with Gasteiger partial charge in [-0.25, -0.2) is 4.98 Å². The summed E-state index contributed by atoms with van der Waals surface area (Å²) in [5.74, 6) is 1.53. The lowest BCUT2D eigenvalue weighted by molar-refractivity contribution is 0.953. The van der Waals surface area contributed by atoms with E-state index in [1.54, 1.807) is 12.1 Å². The minimum Gasteiger partial charge on any atom is -0.278 e. The molecule has 5 nitrogen and oxygen atoms in total. The fraction of sp³-hybridized carbons (Fsp3) is 0. The lowest BCUT2D eigenvalue weighted by Crippen LogP contribution is -2.06. The zero-order valence-corrected chi connectivity index (χ0v) is 18.6. The van der Waals surface area contributed by atoms with Crippen LogP contribution in [0.2, 0.25) is 5.02 Å². The standard InChI is InChI=1S/C28H16ClN5/c29-21-14-12-19(13-15-21)26-31-27(20-7-5-6-18(16-20)17-30)33-28(32-26)34-24-10-3-1-8-22(24)23-9-2-4-11-25(23)34/h1-16H. The summed E-state index contributed by atoms with van der Waals surface area (Å²) in [6, 6.07) is 33.3. The Kier molecular flexibility index (Phi) is 4.80. The van der Waals surface area contributed by atoms with Gasteiger partial charge in [-0.2, -0.15) is 15.2 Å². The Balaban J connectivity index is 1.67. The van der Waals surface area contributed by atoms with Gasteiger partial charge in [0, 0.05) is 26.9 Å². The van der Waals surface area contributed by atoms with E-state index in [9.17, 15) is 5.26 Å². The van der Waals surface area contributed by atoms with E-state index < -0.39 is 0 Å². The second kappa shape index (κ2) is 8.11. The van der Waals surface area contributed by atoms with E-state index >= 15 is 0 Å². The maximum Gasteiger partial charge on any atom is 0.238 e. The number of hydrogen-bond acceptors (Lipinski definition) is 4. The molecule has 6 heteroatoms. The first-order valence-corrected chi connectivity index (χ1v) is 11.1. The van der Waals surface area contributed by atoms with E-state index in [2.05, 4.69) is 34.9 Å². The van der Waals surface area contributed by atoms with Gasteiger partial charge in [-0.05, 0) is 48.5 Å². The number of rotatable bonds is 3. The molecule has 2 heterocycles. The highest BCUT2D eigenvalue weighted by Gasteiger charge is 2.17. The highest BCUT2D eigenvalue weighted by molar-refractivity contribution is 6.30. The van der Waals surface area contributed by atoms with Crippen molar-refractivity contribution in [2.24, 2.45) is 0 Å². The van der Waals surface area contributed by atoms with E-state index in [1.165, 1.54) is 0 Å². The first-order chi connectivity index (χ1) is 16.7. The van der Waals surface area contributed by atoms with E-state index in [0.29, 0.717) is 28.2 Å². The van der Waals surface area contributed by atoms with Gasteiger partial charge in [-0.1, -0.05) is 60.1 Å². The van der Waals surface area contributed by atoms with E-state index in [4.69, 9.17) is 26.6 Å². The molecule has 4 aromatic carbocycles. The molecule has 0 amide bonds. The fourth-order valence-corrected chi connectivity index (χ4v) is 4.31. The average molecular weight is 458 g/mol. The Hall–Kier alpha value is -4.53. The third-order valence-electron chi connectivity index (χ3n) is 5.76. The summed E-state index contributed by atoms with van der Waals surface area (Å²) in [6.45, 7) is 0. The van der Waals surface area contributed by atoms with Gasteiger partial charge in [0.25, 0.3) is 0 Å². The van der Waals surface area contributed by atoms with Crippen molar-refractivity contribution >= 4 is 33.4 Å². The molecule has 0 aliphatic rings. The van der Waals surface area contributed by atoms with Crippen molar-refractivity contribution < 1.29 is 0 Å². The van der Waals surface area contributed by atoms with Crippen LogP contribution in [0.3, 0.4) is 0 Å². The van der Waals surface area contributed by atoms with Gasteiger partial charge in [0.05, 0.1) is 22.7 Å². The molecule has 0 aliphatic carbocycles. The molecule has 0 spiro atoms. The Morgan fingerprint density at radius 1 is 0.647 bits per heavy atom. The first-order valence-electron chi connectivity index (χ1n) is 10.7. The maximum absolute atomic E-state index is 9.39. The number of fused-ring (bicyclic) bond motifs is 3. The number of hydrogen-bond donors (Lipinski definition) is 0. The molecule has 0 saturated carbocycles. The van der Waals surface area contributed by atoms with Crippen LogP contribution in [-0.2, 0) is 0 Å². The Morgan fingerprint density at radius 3 is 1.91 bits per heavy atom. The SMILES string of the molecule is N#Cc1cccc(-c2nc(-c3ccc(Cl)cc3)nc(-n3c4ccccc4c4ccccc43)n2)c1. The number of aromatic nitrogens is 4. The molecule has 0 unspecified atom stereocenters. The molecule has 34 heavy (non-hydrogen) atoms. The lowest BCUT2D eigenvalue weighted by atomic mass is 10.1. The first kappa shape index (κ1) is 20.1. The highest BCUT2D eigenvalue weighted by atomic mass is 35.5. The molecule has 0 bridgehead atoms. The van der Waals surface area contributed by atoms with Crippen molar-refractivity contribution in [3.63, 3.8) is 0 Å². The molecule has 160 valence electrons. The van der Waals surface area contributed by atoms with Gasteiger partial charge in [0.2, 0.25) is 5.95 Å². The van der Waals surface area contributed by atoms with Gasteiger partial charge in [-0.15, -0.1) is 0 Å². The second-order valence-corrected chi connectivity index (χ2v) is 8.29. The summed E-state index contributed by atoms with van der Waals surface area (Å²) in [7, 11) is 0. The van der Waals surface area contributed by atoms with Gasteiger partial charge in [0.1, 0.15) is 0 Å². The monoisotopic (exact) mass is 457 g/mol. The largest absolute Gasteiger partial charge is 0.278 e. The predicted octanol–water partition coefficient (Wildman–Crippen LogP) is 6.83. The molecular formula is C28H16ClN5. The van der Waals surface area contributed by atoms with Crippen LogP contribution in [0.1, 0.15) is 5.56 Å². The van der Waals surface area contributed by atoms with Crippen molar-refractivity contribution in [2.45, 2.75) is 0 Å². The molecule has 6 aromatic rings. The van der Waals surface area contributed by atoms with E-state index in [-0.39, 0.29) is 0 Å². The molecule has 0 aliphatic heterocycles. The predicted molar refractivity (Wildman–Crippen MR) is 135 cm³/mol. The number of nitriles is 1. The molecule has 0 atom stereocenters. The van der Waals surface area contributed by atoms with Crippen LogP contribution < -0.4 is 0 Å². The number of nitrogens with zero attached hydrogens (tertiary/aromatic N) is 5. The lowest BCUT2D eigenvalue weighted by Gasteiger charge is -2.11. The zero-order chi connectivity index (χ0) is 23.1. The van der Waals surface area contributed by atoms with Crippen LogP contribution in [0.25, 0.3) is 50.5 Å². The zero-order valence-electron chi connectivity index (χ0n) is 17.9. The Morgan fingerprint density at radius 2 is 1.26 bits per heavy atom. The van der Waals surface area contributed by atoms with Crippen LogP contribution in [0.15, 0.2) is 97.1 Å². The topological polar surface area (TPSA) is 67.4 Å². The van der Waals surface area contributed by atoms with Crippen molar-refractivity contribution in [1.82, 2.24) is 19.5 Å². The fourth-order valence-electron chi connectivity index (χ4n) is 4.19. The Bertz CT molecular complexity index is 1680. The van der Waals surface area contributed by atoms with Gasteiger partial charge >= 0.3 is 0 Å². The molecule has 0 saturated heterocycles. The quantitative estimate of drug-likeness (QED) is 0.292. The minimum absolute atomic E-state index is 0.494. The van der Waals surface area contributed by atoms with Crippen LogP contribution in [0.4, 0.5) is 0 Å². The van der Waals surface area contributed by atoms with Gasteiger partial charge in [0.15, 0.2) is 11.6 Å². The molecule has 2 aromatic heterocycles. The summed E-state index contributed by atoms with van der Waals surface area (Å²) in [5, 5.41) is 12.3. The molecule has 6 rings (SSSR count). The van der Waals surface area contributed by atoms with Crippen molar-refractivity contribution in [2.75, 3.05) is 0 Å². The van der Waals surface area contributed by atoms with Crippen molar-refractivity contribution in [1.29, 1.82) is 5.26 Å². The van der Waals surface area contributed by atoms with E-state index in [1.807, 2.05) is 60.7 Å². The molecule has 0 fully saturated rings.